The lowest BCUT2D eigenvalue weighted by Gasteiger charge is -2.04. The highest BCUT2D eigenvalue weighted by molar-refractivity contribution is 7.99. The molecule has 3 heteroatoms. The second-order valence-corrected chi connectivity index (χ2v) is 3.72. The summed E-state index contributed by atoms with van der Waals surface area (Å²) in [6.07, 6.45) is 1.91. The van der Waals surface area contributed by atoms with Gasteiger partial charge in [-0.25, -0.2) is 0 Å². The van der Waals surface area contributed by atoms with Crippen molar-refractivity contribution in [2.24, 2.45) is 0 Å². The van der Waals surface area contributed by atoms with E-state index in [1.165, 1.54) is 11.8 Å². The van der Waals surface area contributed by atoms with E-state index < -0.39 is 0 Å². The van der Waals surface area contributed by atoms with E-state index in [0.29, 0.717) is 5.75 Å². The van der Waals surface area contributed by atoms with Crippen molar-refractivity contribution in [2.45, 2.75) is 6.92 Å². The minimum Gasteiger partial charge on any atom is -0.325 e. The van der Waals surface area contributed by atoms with Gasteiger partial charge in [-0.15, -0.1) is 0 Å². The van der Waals surface area contributed by atoms with Crippen LogP contribution in [-0.4, -0.2) is 17.9 Å². The second-order valence-electron chi connectivity index (χ2n) is 2.85. The van der Waals surface area contributed by atoms with E-state index in [2.05, 4.69) is 5.32 Å². The normalized spacial score (nSPS) is 9.69. The summed E-state index contributed by atoms with van der Waals surface area (Å²) in [6.45, 7) is 2.00. The zero-order valence-corrected chi connectivity index (χ0v) is 8.65. The van der Waals surface area contributed by atoms with Crippen LogP contribution in [0.1, 0.15) is 5.56 Å². The van der Waals surface area contributed by atoms with Crippen molar-refractivity contribution in [1.82, 2.24) is 0 Å². The Hall–Kier alpha value is -0.960. The number of aryl methyl sites for hydroxylation is 1. The molecule has 0 heterocycles. The van der Waals surface area contributed by atoms with Crippen LogP contribution < -0.4 is 5.32 Å². The van der Waals surface area contributed by atoms with Crippen molar-refractivity contribution < 1.29 is 4.79 Å². The van der Waals surface area contributed by atoms with Gasteiger partial charge < -0.3 is 5.32 Å². The second kappa shape index (κ2) is 4.92. The van der Waals surface area contributed by atoms with Crippen molar-refractivity contribution in [3.05, 3.63) is 29.8 Å². The molecule has 0 aliphatic rings. The van der Waals surface area contributed by atoms with Gasteiger partial charge in [-0.2, -0.15) is 11.8 Å². The molecule has 0 aliphatic carbocycles. The molecule has 0 spiro atoms. The van der Waals surface area contributed by atoms with Crippen molar-refractivity contribution >= 4 is 23.4 Å². The van der Waals surface area contributed by atoms with Gasteiger partial charge in [0.15, 0.2) is 0 Å². The zero-order valence-electron chi connectivity index (χ0n) is 7.83. The molecule has 70 valence electrons. The first-order chi connectivity index (χ1) is 6.22. The Morgan fingerprint density at radius 3 is 2.92 bits per heavy atom. The predicted molar refractivity (Wildman–Crippen MR) is 58.2 cm³/mol. The third kappa shape index (κ3) is 3.51. The van der Waals surface area contributed by atoms with Gasteiger partial charge in [0.1, 0.15) is 0 Å². The summed E-state index contributed by atoms with van der Waals surface area (Å²) >= 11 is 1.52. The van der Waals surface area contributed by atoms with Crippen LogP contribution in [0.3, 0.4) is 0 Å². The van der Waals surface area contributed by atoms with Crippen LogP contribution in [0.15, 0.2) is 24.3 Å². The van der Waals surface area contributed by atoms with Crippen LogP contribution in [-0.2, 0) is 4.79 Å². The average molecular weight is 195 g/mol. The molecule has 0 fully saturated rings. The molecule has 0 radical (unpaired) electrons. The van der Waals surface area contributed by atoms with E-state index in [-0.39, 0.29) is 5.91 Å². The summed E-state index contributed by atoms with van der Waals surface area (Å²) in [4.78, 5) is 11.2. The summed E-state index contributed by atoms with van der Waals surface area (Å²) in [5, 5.41) is 2.82. The quantitative estimate of drug-likeness (QED) is 0.801. The molecule has 1 rings (SSSR count). The fraction of sp³-hybridized carbons (Fsp3) is 0.300. The molecule has 13 heavy (non-hydrogen) atoms. The average Bonchev–Trinajstić information content (AvgIpc) is 2.04. The molecule has 0 unspecified atom stereocenters. The monoisotopic (exact) mass is 195 g/mol. The van der Waals surface area contributed by atoms with Crippen molar-refractivity contribution in [3.63, 3.8) is 0 Å². The van der Waals surface area contributed by atoms with Crippen molar-refractivity contribution in [2.75, 3.05) is 17.3 Å². The van der Waals surface area contributed by atoms with Crippen molar-refractivity contribution in [1.29, 1.82) is 0 Å². The van der Waals surface area contributed by atoms with Crippen LogP contribution in [0.2, 0.25) is 0 Å². The Labute approximate surface area is 82.7 Å². The molecule has 0 saturated heterocycles. The number of carbonyl (C=O) groups is 1. The summed E-state index contributed by atoms with van der Waals surface area (Å²) < 4.78 is 0. The largest absolute Gasteiger partial charge is 0.325 e. The fourth-order valence-corrected chi connectivity index (χ4v) is 1.39. The molecule has 1 amide bonds. The number of hydrogen-bond acceptors (Lipinski definition) is 2. The van der Waals surface area contributed by atoms with Gasteiger partial charge in [0, 0.05) is 5.69 Å². The van der Waals surface area contributed by atoms with Gasteiger partial charge in [0.05, 0.1) is 5.75 Å². The highest BCUT2D eigenvalue weighted by Crippen LogP contribution is 2.09. The maximum Gasteiger partial charge on any atom is 0.234 e. The lowest BCUT2D eigenvalue weighted by atomic mass is 10.2. The van der Waals surface area contributed by atoms with Crippen LogP contribution in [0, 0.1) is 6.92 Å². The van der Waals surface area contributed by atoms with E-state index in [9.17, 15) is 4.79 Å². The van der Waals surface area contributed by atoms with E-state index in [4.69, 9.17) is 0 Å². The molecular formula is C10H13NOS. The molecule has 0 aliphatic heterocycles. The SMILES string of the molecule is CSCC(=O)Nc1cccc(C)c1. The molecule has 0 aromatic heterocycles. The smallest absolute Gasteiger partial charge is 0.234 e. The summed E-state index contributed by atoms with van der Waals surface area (Å²) in [5.74, 6) is 0.562. The van der Waals surface area contributed by atoms with E-state index in [1.807, 2.05) is 37.4 Å². The molecule has 2 nitrogen and oxygen atoms in total. The van der Waals surface area contributed by atoms with Crippen LogP contribution in [0.25, 0.3) is 0 Å². The molecular weight excluding hydrogens is 182 g/mol. The maximum absolute atomic E-state index is 11.2. The number of nitrogens with one attached hydrogen (secondary N) is 1. The zero-order chi connectivity index (χ0) is 9.68. The van der Waals surface area contributed by atoms with E-state index >= 15 is 0 Å². The number of carbonyl (C=O) groups excluding carboxylic acids is 1. The first kappa shape index (κ1) is 10.1. The van der Waals surface area contributed by atoms with E-state index in [1.54, 1.807) is 0 Å². The Kier molecular flexibility index (Phi) is 3.83. The minimum atomic E-state index is 0.0538. The van der Waals surface area contributed by atoms with Gasteiger partial charge in [-0.1, -0.05) is 12.1 Å². The predicted octanol–water partition coefficient (Wildman–Crippen LogP) is 2.30. The summed E-state index contributed by atoms with van der Waals surface area (Å²) in [6, 6.07) is 7.79. The number of amides is 1. The Bertz CT molecular complexity index is 299. The molecule has 0 atom stereocenters. The van der Waals surface area contributed by atoms with Crippen LogP contribution in [0.5, 0.6) is 0 Å². The summed E-state index contributed by atoms with van der Waals surface area (Å²) in [7, 11) is 0. The lowest BCUT2D eigenvalue weighted by Crippen LogP contribution is -2.13. The molecule has 0 bridgehead atoms. The number of hydrogen-bond donors (Lipinski definition) is 1. The third-order valence-corrected chi connectivity index (χ3v) is 2.13. The third-order valence-electron chi connectivity index (χ3n) is 1.58. The number of anilines is 1. The number of benzene rings is 1. The van der Waals surface area contributed by atoms with Gasteiger partial charge in [-0.05, 0) is 30.9 Å². The van der Waals surface area contributed by atoms with Gasteiger partial charge in [0.25, 0.3) is 0 Å². The fourth-order valence-electron chi connectivity index (χ4n) is 1.05. The Balaban J connectivity index is 2.58. The van der Waals surface area contributed by atoms with Gasteiger partial charge in [0.2, 0.25) is 5.91 Å². The highest BCUT2D eigenvalue weighted by atomic mass is 32.2. The maximum atomic E-state index is 11.2. The van der Waals surface area contributed by atoms with Crippen molar-refractivity contribution in [3.8, 4) is 0 Å². The minimum absolute atomic E-state index is 0.0538. The van der Waals surface area contributed by atoms with Crippen LogP contribution in [0.4, 0.5) is 5.69 Å². The van der Waals surface area contributed by atoms with E-state index in [0.717, 1.165) is 11.3 Å². The molecule has 0 saturated carbocycles. The highest BCUT2D eigenvalue weighted by Gasteiger charge is 1.99. The Morgan fingerprint density at radius 1 is 1.54 bits per heavy atom. The standard InChI is InChI=1S/C10H13NOS/c1-8-4-3-5-9(6-8)11-10(12)7-13-2/h3-6H,7H2,1-2H3,(H,11,12). The topological polar surface area (TPSA) is 29.1 Å². The number of rotatable bonds is 3. The number of thioether (sulfide) groups is 1. The molecule has 1 aromatic carbocycles. The van der Waals surface area contributed by atoms with Crippen LogP contribution >= 0.6 is 11.8 Å². The first-order valence-electron chi connectivity index (χ1n) is 4.08. The summed E-state index contributed by atoms with van der Waals surface area (Å²) in [5.41, 5.74) is 2.03. The lowest BCUT2D eigenvalue weighted by molar-refractivity contribution is -0.113. The van der Waals surface area contributed by atoms with Gasteiger partial charge in [-0.3, -0.25) is 4.79 Å². The van der Waals surface area contributed by atoms with Gasteiger partial charge >= 0.3 is 0 Å². The molecule has 1 aromatic rings. The molecule has 1 N–H and O–H groups in total. The Morgan fingerprint density at radius 2 is 2.31 bits per heavy atom. The first-order valence-corrected chi connectivity index (χ1v) is 5.47.